The van der Waals surface area contributed by atoms with Gasteiger partial charge in [-0.15, -0.1) is 0 Å². The molecule has 0 saturated carbocycles. The van der Waals surface area contributed by atoms with Crippen molar-refractivity contribution in [2.45, 2.75) is 39.5 Å². The van der Waals surface area contributed by atoms with E-state index < -0.39 is 6.10 Å². The molecule has 7 heteroatoms. The van der Waals surface area contributed by atoms with Crippen LogP contribution < -0.4 is 9.47 Å². The fourth-order valence-corrected chi connectivity index (χ4v) is 2.82. The van der Waals surface area contributed by atoms with Crippen LogP contribution in [0.3, 0.4) is 0 Å². The molecule has 1 unspecified atom stereocenters. The molecule has 7 nitrogen and oxygen atoms in total. The molecule has 3 aromatic rings. The maximum atomic E-state index is 12.9. The molecule has 1 aromatic heterocycles. The van der Waals surface area contributed by atoms with Gasteiger partial charge in [0, 0.05) is 11.6 Å². The fraction of sp³-hybridized carbons (Fsp3) is 0.318. The lowest BCUT2D eigenvalue weighted by Crippen LogP contribution is -2.43. The van der Waals surface area contributed by atoms with Crippen LogP contribution in [0.25, 0.3) is 11.4 Å². The number of nitrogens with zero attached hydrogens (tertiary/aromatic N) is 3. The summed E-state index contributed by atoms with van der Waals surface area (Å²) in [6.45, 7) is 5.82. The second-order valence-electron chi connectivity index (χ2n) is 6.87. The second-order valence-corrected chi connectivity index (χ2v) is 6.87. The van der Waals surface area contributed by atoms with Crippen LogP contribution in [-0.2, 0) is 11.3 Å². The number of carbonyl (C=O) groups is 1. The molecular formula is C22H25N3O4. The highest BCUT2D eigenvalue weighted by atomic mass is 16.5. The quantitative estimate of drug-likeness (QED) is 0.575. The smallest absolute Gasteiger partial charge is 0.264 e. The van der Waals surface area contributed by atoms with E-state index in [0.29, 0.717) is 17.5 Å². The van der Waals surface area contributed by atoms with Gasteiger partial charge in [-0.3, -0.25) is 4.79 Å². The summed E-state index contributed by atoms with van der Waals surface area (Å²) in [7, 11) is 1.61. The first kappa shape index (κ1) is 20.4. The fourth-order valence-electron chi connectivity index (χ4n) is 2.82. The Morgan fingerprint density at radius 1 is 1.03 bits per heavy atom. The number of hydrogen-bond donors (Lipinski definition) is 0. The van der Waals surface area contributed by atoms with Crippen LogP contribution in [0.2, 0.25) is 0 Å². The van der Waals surface area contributed by atoms with Crippen molar-refractivity contribution in [3.8, 4) is 22.9 Å². The van der Waals surface area contributed by atoms with E-state index in [9.17, 15) is 4.79 Å². The van der Waals surface area contributed by atoms with Crippen LogP contribution >= 0.6 is 0 Å². The van der Waals surface area contributed by atoms with Crippen LogP contribution in [0.15, 0.2) is 59.1 Å². The average molecular weight is 395 g/mol. The third-order valence-electron chi connectivity index (χ3n) is 4.43. The van der Waals surface area contributed by atoms with Gasteiger partial charge in [0.1, 0.15) is 18.0 Å². The molecule has 0 radical (unpaired) electrons. The molecule has 152 valence electrons. The normalized spacial score (nSPS) is 11.9. The van der Waals surface area contributed by atoms with E-state index in [1.54, 1.807) is 18.9 Å². The van der Waals surface area contributed by atoms with Crippen LogP contribution in [0, 0.1) is 0 Å². The Morgan fingerprint density at radius 2 is 1.72 bits per heavy atom. The van der Waals surface area contributed by atoms with Crippen molar-refractivity contribution in [1.82, 2.24) is 15.0 Å². The minimum absolute atomic E-state index is 0.0549. The summed E-state index contributed by atoms with van der Waals surface area (Å²) >= 11 is 0. The van der Waals surface area contributed by atoms with E-state index in [-0.39, 0.29) is 18.5 Å². The number of aromatic nitrogens is 2. The molecule has 1 amide bonds. The lowest BCUT2D eigenvalue weighted by Gasteiger charge is -2.28. The van der Waals surface area contributed by atoms with E-state index in [4.69, 9.17) is 14.0 Å². The van der Waals surface area contributed by atoms with Crippen molar-refractivity contribution in [3.05, 3.63) is 60.5 Å². The van der Waals surface area contributed by atoms with Crippen LogP contribution in [-0.4, -0.2) is 40.2 Å². The monoisotopic (exact) mass is 395 g/mol. The molecule has 0 fully saturated rings. The molecule has 0 spiro atoms. The lowest BCUT2D eigenvalue weighted by molar-refractivity contribution is -0.140. The molecule has 1 atom stereocenters. The van der Waals surface area contributed by atoms with Gasteiger partial charge in [-0.2, -0.15) is 4.98 Å². The molecule has 0 aliphatic heterocycles. The molecule has 0 saturated heterocycles. The topological polar surface area (TPSA) is 77.7 Å². The van der Waals surface area contributed by atoms with E-state index in [1.807, 2.05) is 68.4 Å². The molecule has 1 heterocycles. The van der Waals surface area contributed by atoms with Crippen molar-refractivity contribution in [2.75, 3.05) is 7.11 Å². The second kappa shape index (κ2) is 9.23. The number of ether oxygens (including phenoxy) is 2. The van der Waals surface area contributed by atoms with Gasteiger partial charge >= 0.3 is 0 Å². The van der Waals surface area contributed by atoms with Crippen molar-refractivity contribution in [3.63, 3.8) is 0 Å². The molecule has 3 rings (SSSR count). The van der Waals surface area contributed by atoms with Crippen molar-refractivity contribution < 1.29 is 18.8 Å². The number of benzene rings is 2. The minimum atomic E-state index is -0.635. The Bertz CT molecular complexity index is 923. The van der Waals surface area contributed by atoms with Crippen molar-refractivity contribution in [1.29, 1.82) is 0 Å². The largest absolute Gasteiger partial charge is 0.497 e. The Hall–Kier alpha value is -3.35. The number of hydrogen-bond acceptors (Lipinski definition) is 6. The highest BCUT2D eigenvalue weighted by Crippen LogP contribution is 2.21. The number of carbonyl (C=O) groups excluding carboxylic acids is 1. The highest BCUT2D eigenvalue weighted by Gasteiger charge is 2.26. The van der Waals surface area contributed by atoms with Crippen LogP contribution in [0.5, 0.6) is 11.5 Å². The molecular weight excluding hydrogens is 370 g/mol. The maximum absolute atomic E-state index is 12.9. The van der Waals surface area contributed by atoms with Gasteiger partial charge < -0.3 is 18.9 Å². The predicted octanol–water partition coefficient (Wildman–Crippen LogP) is 3.95. The maximum Gasteiger partial charge on any atom is 0.264 e. The summed E-state index contributed by atoms with van der Waals surface area (Å²) in [5.74, 6) is 2.09. The zero-order chi connectivity index (χ0) is 20.8. The molecule has 29 heavy (non-hydrogen) atoms. The van der Waals surface area contributed by atoms with E-state index in [2.05, 4.69) is 10.1 Å². The number of para-hydroxylation sites is 1. The van der Waals surface area contributed by atoms with Crippen molar-refractivity contribution >= 4 is 5.91 Å². The van der Waals surface area contributed by atoms with Gasteiger partial charge in [0.25, 0.3) is 5.91 Å². The third-order valence-corrected chi connectivity index (χ3v) is 4.43. The van der Waals surface area contributed by atoms with E-state index in [1.165, 1.54) is 0 Å². The average Bonchev–Trinajstić information content (AvgIpc) is 3.21. The van der Waals surface area contributed by atoms with Gasteiger partial charge in [0.05, 0.1) is 7.11 Å². The zero-order valence-electron chi connectivity index (χ0n) is 17.0. The summed E-state index contributed by atoms with van der Waals surface area (Å²) in [6, 6.07) is 16.6. The lowest BCUT2D eigenvalue weighted by atomic mass is 10.2. The summed E-state index contributed by atoms with van der Waals surface area (Å²) in [6.07, 6.45) is -0.635. The third kappa shape index (κ3) is 5.13. The number of rotatable bonds is 8. The van der Waals surface area contributed by atoms with Gasteiger partial charge in [0.15, 0.2) is 6.10 Å². The number of amides is 1. The zero-order valence-corrected chi connectivity index (χ0v) is 17.0. The first-order valence-corrected chi connectivity index (χ1v) is 9.47. The molecule has 0 N–H and O–H groups in total. The summed E-state index contributed by atoms with van der Waals surface area (Å²) in [4.78, 5) is 19.0. The van der Waals surface area contributed by atoms with Gasteiger partial charge in [-0.25, -0.2) is 0 Å². The Morgan fingerprint density at radius 3 is 2.34 bits per heavy atom. The molecule has 0 aliphatic carbocycles. The Kier molecular flexibility index (Phi) is 6.49. The van der Waals surface area contributed by atoms with Crippen LogP contribution in [0.1, 0.15) is 26.7 Å². The van der Waals surface area contributed by atoms with Gasteiger partial charge in [0.2, 0.25) is 11.7 Å². The highest BCUT2D eigenvalue weighted by molar-refractivity contribution is 5.81. The molecule has 2 aromatic carbocycles. The Balaban J connectivity index is 1.70. The summed E-state index contributed by atoms with van der Waals surface area (Å²) in [5.41, 5.74) is 0.809. The van der Waals surface area contributed by atoms with Crippen LogP contribution in [0.4, 0.5) is 0 Å². The molecule has 0 bridgehead atoms. The first-order chi connectivity index (χ1) is 14.0. The van der Waals surface area contributed by atoms with E-state index in [0.717, 1.165) is 11.3 Å². The molecule has 0 aliphatic rings. The number of methoxy groups -OCH3 is 1. The minimum Gasteiger partial charge on any atom is -0.497 e. The first-order valence-electron chi connectivity index (χ1n) is 9.47. The van der Waals surface area contributed by atoms with E-state index >= 15 is 0 Å². The van der Waals surface area contributed by atoms with Gasteiger partial charge in [-0.1, -0.05) is 23.4 Å². The Labute approximate surface area is 170 Å². The standard InChI is InChI=1S/C22H25N3O4/c1-15(2)25(22(26)16(3)28-19-8-6-5-7-9-19)14-20-23-21(24-29-20)17-10-12-18(27-4)13-11-17/h5-13,15-16H,14H2,1-4H3. The summed E-state index contributed by atoms with van der Waals surface area (Å²) < 4.78 is 16.3. The predicted molar refractivity (Wildman–Crippen MR) is 109 cm³/mol. The SMILES string of the molecule is COc1ccc(-c2noc(CN(C(=O)C(C)Oc3ccccc3)C(C)C)n2)cc1. The van der Waals surface area contributed by atoms with Crippen molar-refractivity contribution in [2.24, 2.45) is 0 Å². The summed E-state index contributed by atoms with van der Waals surface area (Å²) in [5, 5.41) is 4.03. The van der Waals surface area contributed by atoms with Gasteiger partial charge in [-0.05, 0) is 57.2 Å².